The van der Waals surface area contributed by atoms with Crippen LogP contribution < -0.4 is 15.0 Å². The molecule has 0 saturated carbocycles. The minimum atomic E-state index is 0.647. The van der Waals surface area contributed by atoms with E-state index in [0.717, 1.165) is 73.2 Å². The van der Waals surface area contributed by atoms with Gasteiger partial charge >= 0.3 is 0 Å². The Kier molecular flexibility index (Phi) is 6.74. The molecular formula is C26H26ClN5O2. The fraction of sp³-hybridized carbons (Fsp3) is 0.269. The van der Waals surface area contributed by atoms with E-state index in [4.69, 9.17) is 21.1 Å². The van der Waals surface area contributed by atoms with Crippen LogP contribution in [0.15, 0.2) is 60.9 Å². The number of morpholine rings is 1. The van der Waals surface area contributed by atoms with Crippen LogP contribution in [0.3, 0.4) is 0 Å². The fourth-order valence-electron chi connectivity index (χ4n) is 4.05. The molecule has 0 unspecified atom stereocenters. The number of nitrogens with zero attached hydrogens (tertiary/aromatic N) is 4. The highest BCUT2D eigenvalue weighted by Gasteiger charge is 2.15. The topological polar surface area (TPSA) is 72.4 Å². The van der Waals surface area contributed by atoms with Gasteiger partial charge in [-0.1, -0.05) is 17.7 Å². The molecular weight excluding hydrogens is 450 g/mol. The van der Waals surface area contributed by atoms with E-state index in [0.29, 0.717) is 10.7 Å². The summed E-state index contributed by atoms with van der Waals surface area (Å²) in [6.07, 6.45) is 3.45. The normalized spacial score (nSPS) is 14.9. The molecule has 34 heavy (non-hydrogen) atoms. The Labute approximate surface area is 203 Å². The molecule has 7 nitrogen and oxygen atoms in total. The van der Waals surface area contributed by atoms with Crippen LogP contribution in [0, 0.1) is 6.92 Å². The Bertz CT molecular complexity index is 1280. The molecule has 5 heterocycles. The number of halogens is 1. The van der Waals surface area contributed by atoms with Gasteiger partial charge in [-0.15, -0.1) is 0 Å². The lowest BCUT2D eigenvalue weighted by Gasteiger charge is -2.30. The van der Waals surface area contributed by atoms with E-state index in [2.05, 4.69) is 37.3 Å². The number of aromatic nitrogens is 3. The molecule has 2 aliphatic heterocycles. The third-order valence-electron chi connectivity index (χ3n) is 5.85. The molecule has 1 aromatic carbocycles. The summed E-state index contributed by atoms with van der Waals surface area (Å²) in [6, 6.07) is 15.8. The Morgan fingerprint density at radius 2 is 1.82 bits per heavy atom. The second-order valence-electron chi connectivity index (χ2n) is 8.04. The molecule has 3 aromatic heterocycles. The molecule has 6 rings (SSSR count). The van der Waals surface area contributed by atoms with Crippen LogP contribution in [-0.4, -0.2) is 54.4 Å². The molecule has 0 atom stereocenters. The van der Waals surface area contributed by atoms with Crippen molar-refractivity contribution in [3.05, 3.63) is 71.5 Å². The Balaban J connectivity index is 0.000000142. The second-order valence-corrected chi connectivity index (χ2v) is 8.42. The second kappa shape index (κ2) is 10.2. The van der Waals surface area contributed by atoms with Gasteiger partial charge in [0.25, 0.3) is 0 Å². The van der Waals surface area contributed by atoms with Crippen LogP contribution in [0.2, 0.25) is 5.02 Å². The molecule has 0 amide bonds. The average molecular weight is 476 g/mol. The van der Waals surface area contributed by atoms with E-state index in [1.807, 2.05) is 43.3 Å². The van der Waals surface area contributed by atoms with Crippen molar-refractivity contribution in [3.8, 4) is 17.1 Å². The lowest BCUT2D eigenvalue weighted by Crippen LogP contribution is -2.36. The molecule has 1 N–H and O–H groups in total. The first kappa shape index (κ1) is 22.4. The van der Waals surface area contributed by atoms with Gasteiger partial charge in [0, 0.05) is 43.1 Å². The van der Waals surface area contributed by atoms with Gasteiger partial charge in [-0.25, -0.2) is 9.97 Å². The summed E-state index contributed by atoms with van der Waals surface area (Å²) in [7, 11) is 0. The van der Waals surface area contributed by atoms with E-state index in [9.17, 15) is 0 Å². The van der Waals surface area contributed by atoms with Gasteiger partial charge in [-0.2, -0.15) is 0 Å². The summed E-state index contributed by atoms with van der Waals surface area (Å²) in [5, 5.41) is 4.92. The van der Waals surface area contributed by atoms with Crippen molar-refractivity contribution in [1.82, 2.24) is 15.0 Å². The third kappa shape index (κ3) is 4.76. The highest BCUT2D eigenvalue weighted by molar-refractivity contribution is 6.36. The van der Waals surface area contributed by atoms with Gasteiger partial charge < -0.3 is 19.7 Å². The number of hydrogen-bond donors (Lipinski definition) is 1. The molecule has 0 spiro atoms. The highest BCUT2D eigenvalue weighted by Crippen LogP contribution is 2.32. The molecule has 0 radical (unpaired) electrons. The predicted octanol–water partition coefficient (Wildman–Crippen LogP) is 4.98. The van der Waals surface area contributed by atoms with Crippen molar-refractivity contribution in [2.45, 2.75) is 6.92 Å². The SMILES string of the molecule is Cc1c(-c2ccccn2)nc2ncccc2c1Cl.c1cc2c(cc1N1CCOCC1)NCCO2. The zero-order valence-corrected chi connectivity index (χ0v) is 19.8. The summed E-state index contributed by atoms with van der Waals surface area (Å²) >= 11 is 6.37. The number of pyridine rings is 3. The first-order valence-electron chi connectivity index (χ1n) is 11.4. The van der Waals surface area contributed by atoms with Crippen LogP contribution in [0.4, 0.5) is 11.4 Å². The van der Waals surface area contributed by atoms with Crippen molar-refractivity contribution in [2.75, 3.05) is 49.7 Å². The number of nitrogens with one attached hydrogen (secondary N) is 1. The van der Waals surface area contributed by atoms with Crippen molar-refractivity contribution in [3.63, 3.8) is 0 Å². The van der Waals surface area contributed by atoms with Gasteiger partial charge in [-0.3, -0.25) is 4.98 Å². The summed E-state index contributed by atoms with van der Waals surface area (Å²) in [4.78, 5) is 15.4. The monoisotopic (exact) mass is 475 g/mol. The van der Waals surface area contributed by atoms with Crippen LogP contribution in [-0.2, 0) is 4.74 Å². The number of hydrogen-bond acceptors (Lipinski definition) is 7. The molecule has 0 aliphatic carbocycles. The van der Waals surface area contributed by atoms with Gasteiger partial charge in [0.05, 0.1) is 35.3 Å². The molecule has 2 aliphatic rings. The van der Waals surface area contributed by atoms with Gasteiger partial charge in [-0.05, 0) is 55.0 Å². The van der Waals surface area contributed by atoms with E-state index >= 15 is 0 Å². The van der Waals surface area contributed by atoms with Gasteiger partial charge in [0.2, 0.25) is 0 Å². The molecule has 1 fully saturated rings. The van der Waals surface area contributed by atoms with E-state index in [-0.39, 0.29) is 0 Å². The third-order valence-corrected chi connectivity index (χ3v) is 6.33. The molecule has 8 heteroatoms. The van der Waals surface area contributed by atoms with Crippen molar-refractivity contribution >= 4 is 34.0 Å². The highest BCUT2D eigenvalue weighted by atomic mass is 35.5. The Morgan fingerprint density at radius 3 is 2.65 bits per heavy atom. The Morgan fingerprint density at radius 1 is 0.971 bits per heavy atom. The van der Waals surface area contributed by atoms with Crippen molar-refractivity contribution in [2.24, 2.45) is 0 Å². The fourth-order valence-corrected chi connectivity index (χ4v) is 4.29. The lowest BCUT2D eigenvalue weighted by atomic mass is 10.1. The molecule has 1 saturated heterocycles. The summed E-state index contributed by atoms with van der Waals surface area (Å²) in [5.74, 6) is 0.961. The number of anilines is 2. The van der Waals surface area contributed by atoms with Crippen LogP contribution in [0.5, 0.6) is 5.75 Å². The summed E-state index contributed by atoms with van der Waals surface area (Å²) in [5.41, 5.74) is 5.52. The maximum absolute atomic E-state index is 6.37. The quantitative estimate of drug-likeness (QED) is 0.438. The molecule has 0 bridgehead atoms. The van der Waals surface area contributed by atoms with E-state index in [1.54, 1.807) is 12.4 Å². The van der Waals surface area contributed by atoms with E-state index < -0.39 is 0 Å². The predicted molar refractivity (Wildman–Crippen MR) is 136 cm³/mol. The zero-order chi connectivity index (χ0) is 23.3. The minimum Gasteiger partial charge on any atom is -0.490 e. The van der Waals surface area contributed by atoms with E-state index in [1.165, 1.54) is 5.69 Å². The number of fused-ring (bicyclic) bond motifs is 2. The van der Waals surface area contributed by atoms with Gasteiger partial charge in [0.1, 0.15) is 12.4 Å². The van der Waals surface area contributed by atoms with Crippen LogP contribution in [0.1, 0.15) is 5.56 Å². The zero-order valence-electron chi connectivity index (χ0n) is 19.0. The summed E-state index contributed by atoms with van der Waals surface area (Å²) < 4.78 is 10.9. The van der Waals surface area contributed by atoms with Crippen molar-refractivity contribution in [1.29, 1.82) is 0 Å². The average Bonchev–Trinajstić information content (AvgIpc) is 2.92. The summed E-state index contributed by atoms with van der Waals surface area (Å²) in [6.45, 7) is 7.18. The maximum atomic E-state index is 6.37. The molecule has 174 valence electrons. The minimum absolute atomic E-state index is 0.647. The number of benzene rings is 1. The van der Waals surface area contributed by atoms with Crippen molar-refractivity contribution < 1.29 is 9.47 Å². The first-order chi connectivity index (χ1) is 16.7. The standard InChI is InChI=1S/C14H10ClN3.C12H16N2O2/c1-9-12(15)10-5-4-8-17-14(10)18-13(9)11-6-2-3-7-16-11;1-2-12-11(13-3-6-16-12)9-10(1)14-4-7-15-8-5-14/h2-8H,1H3;1-2,9,13H,3-8H2. The van der Waals surface area contributed by atoms with Crippen LogP contribution in [0.25, 0.3) is 22.4 Å². The Hall–Kier alpha value is -3.42. The molecule has 4 aromatic rings. The maximum Gasteiger partial charge on any atom is 0.161 e. The van der Waals surface area contributed by atoms with Crippen LogP contribution >= 0.6 is 11.6 Å². The smallest absolute Gasteiger partial charge is 0.161 e. The number of rotatable bonds is 2. The van der Waals surface area contributed by atoms with Gasteiger partial charge in [0.15, 0.2) is 5.65 Å². The first-order valence-corrected chi connectivity index (χ1v) is 11.7. The largest absolute Gasteiger partial charge is 0.490 e. The lowest BCUT2D eigenvalue weighted by molar-refractivity contribution is 0.122. The number of ether oxygens (including phenoxy) is 2.